The highest BCUT2D eigenvalue weighted by molar-refractivity contribution is 6.42. The fourth-order valence-electron chi connectivity index (χ4n) is 1.24. The molecule has 1 aromatic carbocycles. The molecule has 0 amide bonds. The van der Waals surface area contributed by atoms with Crippen LogP contribution in [0.25, 0.3) is 0 Å². The van der Waals surface area contributed by atoms with Gasteiger partial charge in [-0.25, -0.2) is 0 Å². The molecule has 0 aliphatic rings. The van der Waals surface area contributed by atoms with Gasteiger partial charge in [0.15, 0.2) is 0 Å². The van der Waals surface area contributed by atoms with E-state index in [-0.39, 0.29) is 6.10 Å². The van der Waals surface area contributed by atoms with E-state index in [4.69, 9.17) is 27.9 Å². The predicted octanol–water partition coefficient (Wildman–Crippen LogP) is 2.90. The second-order valence-electron chi connectivity index (χ2n) is 2.96. The van der Waals surface area contributed by atoms with Crippen LogP contribution in [0.5, 0.6) is 0 Å². The summed E-state index contributed by atoms with van der Waals surface area (Å²) in [5.74, 6) is 0. The Morgan fingerprint density at radius 2 is 2.07 bits per heavy atom. The number of hydrogen-bond donors (Lipinski definition) is 1. The molecule has 0 spiro atoms. The maximum absolute atomic E-state index is 5.91. The van der Waals surface area contributed by atoms with Crippen molar-refractivity contribution in [2.45, 2.75) is 6.10 Å². The van der Waals surface area contributed by atoms with E-state index in [0.717, 1.165) is 12.1 Å². The van der Waals surface area contributed by atoms with Crippen molar-refractivity contribution in [3.8, 4) is 0 Å². The first-order valence-electron chi connectivity index (χ1n) is 4.31. The van der Waals surface area contributed by atoms with E-state index in [9.17, 15) is 0 Å². The van der Waals surface area contributed by atoms with Gasteiger partial charge in [0, 0.05) is 13.7 Å². The zero-order valence-electron chi connectivity index (χ0n) is 8.18. The molecule has 0 bridgehead atoms. The SMILES string of the molecule is CNCC(OC)c1ccc(Cl)c(Cl)c1. The maximum Gasteiger partial charge on any atom is 0.0945 e. The van der Waals surface area contributed by atoms with E-state index >= 15 is 0 Å². The number of nitrogens with one attached hydrogen (secondary N) is 1. The topological polar surface area (TPSA) is 21.3 Å². The minimum atomic E-state index is 0.00904. The molecular formula is C10H13Cl2NO. The van der Waals surface area contributed by atoms with Crippen LogP contribution in [0.2, 0.25) is 10.0 Å². The van der Waals surface area contributed by atoms with Gasteiger partial charge in [-0.1, -0.05) is 29.3 Å². The van der Waals surface area contributed by atoms with Crippen LogP contribution in [0.1, 0.15) is 11.7 Å². The normalized spacial score (nSPS) is 12.9. The zero-order chi connectivity index (χ0) is 10.6. The third-order valence-electron chi connectivity index (χ3n) is 1.99. The second-order valence-corrected chi connectivity index (χ2v) is 3.77. The lowest BCUT2D eigenvalue weighted by Crippen LogP contribution is -2.18. The molecule has 1 N–H and O–H groups in total. The first-order valence-corrected chi connectivity index (χ1v) is 5.07. The number of benzene rings is 1. The molecular weight excluding hydrogens is 221 g/mol. The van der Waals surface area contributed by atoms with Crippen LogP contribution < -0.4 is 5.32 Å². The second kappa shape index (κ2) is 5.56. The fourth-order valence-corrected chi connectivity index (χ4v) is 1.54. The van der Waals surface area contributed by atoms with Gasteiger partial charge in [-0.05, 0) is 24.7 Å². The van der Waals surface area contributed by atoms with Crippen molar-refractivity contribution in [2.75, 3.05) is 20.7 Å². The van der Waals surface area contributed by atoms with Crippen molar-refractivity contribution in [3.05, 3.63) is 33.8 Å². The monoisotopic (exact) mass is 233 g/mol. The minimum Gasteiger partial charge on any atom is -0.375 e. The van der Waals surface area contributed by atoms with Gasteiger partial charge >= 0.3 is 0 Å². The summed E-state index contributed by atoms with van der Waals surface area (Å²) < 4.78 is 5.31. The lowest BCUT2D eigenvalue weighted by molar-refractivity contribution is 0.104. The van der Waals surface area contributed by atoms with Crippen molar-refractivity contribution in [1.82, 2.24) is 5.32 Å². The molecule has 0 fully saturated rings. The van der Waals surface area contributed by atoms with Crippen molar-refractivity contribution in [1.29, 1.82) is 0 Å². The maximum atomic E-state index is 5.91. The number of halogens is 2. The van der Waals surface area contributed by atoms with Gasteiger partial charge in [-0.2, -0.15) is 0 Å². The van der Waals surface area contributed by atoms with Crippen molar-refractivity contribution in [3.63, 3.8) is 0 Å². The Hall–Kier alpha value is -0.280. The molecule has 1 atom stereocenters. The van der Waals surface area contributed by atoms with E-state index < -0.39 is 0 Å². The minimum absolute atomic E-state index is 0.00904. The van der Waals surface area contributed by atoms with Crippen molar-refractivity contribution >= 4 is 23.2 Å². The standard InChI is InChI=1S/C10H13Cl2NO/c1-13-6-10(14-2)7-3-4-8(11)9(12)5-7/h3-5,10,13H,6H2,1-2H3. The Morgan fingerprint density at radius 3 is 2.57 bits per heavy atom. The van der Waals surface area contributed by atoms with Crippen LogP contribution in [0, 0.1) is 0 Å². The summed E-state index contributed by atoms with van der Waals surface area (Å²) in [5, 5.41) is 4.17. The van der Waals surface area contributed by atoms with Gasteiger partial charge in [0.2, 0.25) is 0 Å². The largest absolute Gasteiger partial charge is 0.375 e. The summed E-state index contributed by atoms with van der Waals surface area (Å²) in [6.45, 7) is 0.745. The molecule has 0 aliphatic heterocycles. The average molecular weight is 234 g/mol. The van der Waals surface area contributed by atoms with E-state index in [2.05, 4.69) is 5.32 Å². The van der Waals surface area contributed by atoms with Gasteiger partial charge in [0.1, 0.15) is 0 Å². The molecule has 0 heterocycles. The smallest absolute Gasteiger partial charge is 0.0945 e. The van der Waals surface area contributed by atoms with E-state index in [1.165, 1.54) is 0 Å². The number of rotatable bonds is 4. The number of ether oxygens (including phenoxy) is 1. The fraction of sp³-hybridized carbons (Fsp3) is 0.400. The molecule has 0 aliphatic carbocycles. The molecule has 0 saturated carbocycles. The molecule has 0 saturated heterocycles. The highest BCUT2D eigenvalue weighted by Gasteiger charge is 2.10. The van der Waals surface area contributed by atoms with E-state index in [1.54, 1.807) is 13.2 Å². The molecule has 1 unspecified atom stereocenters. The molecule has 2 nitrogen and oxygen atoms in total. The van der Waals surface area contributed by atoms with Crippen LogP contribution in [0.4, 0.5) is 0 Å². The molecule has 78 valence electrons. The molecule has 14 heavy (non-hydrogen) atoms. The first kappa shape index (κ1) is 11.8. The molecule has 0 aromatic heterocycles. The number of likely N-dealkylation sites (N-methyl/N-ethyl adjacent to an activating group) is 1. The lowest BCUT2D eigenvalue weighted by Gasteiger charge is -2.15. The summed E-state index contributed by atoms with van der Waals surface area (Å²) >= 11 is 11.7. The van der Waals surface area contributed by atoms with Crippen LogP contribution in [0.3, 0.4) is 0 Å². The summed E-state index contributed by atoms with van der Waals surface area (Å²) in [4.78, 5) is 0. The van der Waals surface area contributed by atoms with Crippen LogP contribution in [0.15, 0.2) is 18.2 Å². The zero-order valence-corrected chi connectivity index (χ0v) is 9.69. The van der Waals surface area contributed by atoms with Crippen LogP contribution in [-0.4, -0.2) is 20.7 Å². The molecule has 4 heteroatoms. The third kappa shape index (κ3) is 2.85. The Kier molecular flexibility index (Phi) is 4.69. The Bertz CT molecular complexity index is 304. The molecule has 0 radical (unpaired) electrons. The lowest BCUT2D eigenvalue weighted by atomic mass is 10.1. The van der Waals surface area contributed by atoms with Crippen molar-refractivity contribution in [2.24, 2.45) is 0 Å². The number of methoxy groups -OCH3 is 1. The van der Waals surface area contributed by atoms with Crippen LogP contribution in [-0.2, 0) is 4.74 Å². The van der Waals surface area contributed by atoms with E-state index in [1.807, 2.05) is 19.2 Å². The van der Waals surface area contributed by atoms with Gasteiger partial charge in [0.05, 0.1) is 16.1 Å². The quantitative estimate of drug-likeness (QED) is 0.864. The number of hydrogen-bond acceptors (Lipinski definition) is 2. The Balaban J connectivity index is 2.88. The summed E-state index contributed by atoms with van der Waals surface area (Å²) in [5.41, 5.74) is 1.02. The van der Waals surface area contributed by atoms with Gasteiger partial charge in [-0.3, -0.25) is 0 Å². The molecule has 1 aromatic rings. The van der Waals surface area contributed by atoms with E-state index in [0.29, 0.717) is 10.0 Å². The summed E-state index contributed by atoms with van der Waals surface area (Å²) in [6, 6.07) is 5.52. The Labute approximate surface area is 94.2 Å². The predicted molar refractivity (Wildman–Crippen MR) is 60.1 cm³/mol. The summed E-state index contributed by atoms with van der Waals surface area (Å²) in [7, 11) is 3.55. The highest BCUT2D eigenvalue weighted by atomic mass is 35.5. The molecule has 1 rings (SSSR count). The Morgan fingerprint density at radius 1 is 1.36 bits per heavy atom. The van der Waals surface area contributed by atoms with Gasteiger partial charge < -0.3 is 10.1 Å². The first-order chi connectivity index (χ1) is 6.69. The van der Waals surface area contributed by atoms with Crippen molar-refractivity contribution < 1.29 is 4.74 Å². The summed E-state index contributed by atoms with van der Waals surface area (Å²) in [6.07, 6.45) is 0.00904. The van der Waals surface area contributed by atoms with Gasteiger partial charge in [0.25, 0.3) is 0 Å². The van der Waals surface area contributed by atoms with Gasteiger partial charge in [-0.15, -0.1) is 0 Å². The average Bonchev–Trinajstić information content (AvgIpc) is 2.19. The highest BCUT2D eigenvalue weighted by Crippen LogP contribution is 2.26. The third-order valence-corrected chi connectivity index (χ3v) is 2.73. The van der Waals surface area contributed by atoms with Crippen LogP contribution >= 0.6 is 23.2 Å².